The van der Waals surface area contributed by atoms with E-state index < -0.39 is 5.97 Å². The molecule has 0 saturated carbocycles. The Morgan fingerprint density at radius 2 is 1.74 bits per heavy atom. The van der Waals surface area contributed by atoms with Gasteiger partial charge in [-0.2, -0.15) is 0 Å². The molecule has 0 radical (unpaired) electrons. The highest BCUT2D eigenvalue weighted by Crippen LogP contribution is 2.48. The fourth-order valence-corrected chi connectivity index (χ4v) is 5.55. The molecule has 1 aliphatic rings. The van der Waals surface area contributed by atoms with Crippen LogP contribution < -0.4 is 14.2 Å². The third-order valence-electron chi connectivity index (χ3n) is 6.04. The van der Waals surface area contributed by atoms with Gasteiger partial charge in [0.2, 0.25) is 0 Å². The van der Waals surface area contributed by atoms with Crippen LogP contribution in [0.1, 0.15) is 52.5 Å². The fraction of sp³-hybridized carbons (Fsp3) is 0.400. The molecule has 0 N–H and O–H groups in total. The molecule has 3 rings (SSSR count). The lowest BCUT2D eigenvalue weighted by molar-refractivity contribution is -0.142. The molecule has 2 atom stereocenters. The average molecular weight is 613 g/mol. The van der Waals surface area contributed by atoms with Crippen LogP contribution in [0.5, 0.6) is 17.2 Å². The van der Waals surface area contributed by atoms with Gasteiger partial charge in [-0.3, -0.25) is 14.5 Å². The molecule has 8 nitrogen and oxygen atoms in total. The number of hydrogen-bond donors (Lipinski definition) is 0. The van der Waals surface area contributed by atoms with Gasteiger partial charge in [-0.25, -0.2) is 4.79 Å². The fourth-order valence-electron chi connectivity index (χ4n) is 4.34. The maximum atomic E-state index is 13.3. The average Bonchev–Trinajstić information content (AvgIpc) is 3.15. The maximum absolute atomic E-state index is 13.3. The predicted molar refractivity (Wildman–Crippen MR) is 137 cm³/mol. The molecule has 2 aromatic carbocycles. The van der Waals surface area contributed by atoms with E-state index in [0.717, 1.165) is 4.47 Å². The van der Waals surface area contributed by atoms with Gasteiger partial charge in [-0.1, -0.05) is 15.9 Å². The Morgan fingerprint density at radius 1 is 1.06 bits per heavy atom. The van der Waals surface area contributed by atoms with Crippen LogP contribution in [0.15, 0.2) is 33.2 Å². The standard InChI is InChI=1S/C25H27Br2NO7/c1-13(29)22-20(32-4)11-21(33-5)23(17-8-9-28(3)19(17)12-34-14(2)30)24(22)35-25(31)16-7-6-15(26)10-18(16)27/h6-7,10-11,17,19H,8-9,12H2,1-5H3/t17-,19+/m0/s1. The summed E-state index contributed by atoms with van der Waals surface area (Å²) >= 11 is 6.77. The van der Waals surface area contributed by atoms with Crippen molar-refractivity contribution in [2.24, 2.45) is 0 Å². The molecule has 1 saturated heterocycles. The van der Waals surface area contributed by atoms with E-state index in [9.17, 15) is 14.4 Å². The lowest BCUT2D eigenvalue weighted by Gasteiger charge is -2.28. The Balaban J connectivity index is 2.20. The van der Waals surface area contributed by atoms with Crippen LogP contribution in [0.4, 0.5) is 0 Å². The van der Waals surface area contributed by atoms with Crippen LogP contribution in [0.2, 0.25) is 0 Å². The summed E-state index contributed by atoms with van der Waals surface area (Å²) in [5.41, 5.74) is 0.989. The number of halogens is 2. The van der Waals surface area contributed by atoms with Gasteiger partial charge in [0, 0.05) is 33.4 Å². The van der Waals surface area contributed by atoms with Gasteiger partial charge in [-0.15, -0.1) is 0 Å². The molecule has 0 spiro atoms. The number of carbonyl (C=O) groups is 3. The summed E-state index contributed by atoms with van der Waals surface area (Å²) in [4.78, 5) is 39.7. The van der Waals surface area contributed by atoms with Crippen molar-refractivity contribution in [2.45, 2.75) is 32.2 Å². The van der Waals surface area contributed by atoms with E-state index in [1.807, 2.05) is 7.05 Å². The second-order valence-electron chi connectivity index (χ2n) is 8.21. The van der Waals surface area contributed by atoms with Crippen molar-refractivity contribution in [2.75, 3.05) is 34.4 Å². The Bertz CT molecular complexity index is 1150. The van der Waals surface area contributed by atoms with Crippen molar-refractivity contribution < 1.29 is 33.3 Å². The zero-order valence-corrected chi connectivity index (χ0v) is 23.3. The number of methoxy groups -OCH3 is 2. The van der Waals surface area contributed by atoms with Crippen LogP contribution in [0.25, 0.3) is 0 Å². The quantitative estimate of drug-likeness (QED) is 0.234. The highest BCUT2D eigenvalue weighted by molar-refractivity contribution is 9.11. The normalized spacial score (nSPS) is 17.7. The zero-order chi connectivity index (χ0) is 25.9. The molecule has 1 fully saturated rings. The molecule has 1 heterocycles. The summed E-state index contributed by atoms with van der Waals surface area (Å²) in [6, 6.07) is 6.49. The van der Waals surface area contributed by atoms with E-state index >= 15 is 0 Å². The Kier molecular flexibility index (Phi) is 8.95. The first kappa shape index (κ1) is 27.2. The molecule has 0 aliphatic carbocycles. The second-order valence-corrected chi connectivity index (χ2v) is 9.98. The minimum Gasteiger partial charge on any atom is -0.496 e. The second kappa shape index (κ2) is 11.5. The smallest absolute Gasteiger partial charge is 0.344 e. The van der Waals surface area contributed by atoms with Crippen LogP contribution in [0.3, 0.4) is 0 Å². The molecule has 188 valence electrons. The van der Waals surface area contributed by atoms with E-state index in [4.69, 9.17) is 18.9 Å². The third-order valence-corrected chi connectivity index (χ3v) is 7.18. The van der Waals surface area contributed by atoms with Gasteiger partial charge in [0.15, 0.2) is 11.5 Å². The maximum Gasteiger partial charge on any atom is 0.344 e. The number of Topliss-reactive ketones (excluding diaryl/α,β-unsaturated/α-hetero) is 1. The van der Waals surface area contributed by atoms with E-state index in [2.05, 4.69) is 36.8 Å². The SMILES string of the molecule is COc1cc(OC)c([C@H]2CCN(C)[C@@H]2COC(C)=O)c(OC(=O)c2ccc(Br)cc2Br)c1C(C)=O. The number of ether oxygens (including phenoxy) is 4. The minimum absolute atomic E-state index is 0.0849. The van der Waals surface area contributed by atoms with Gasteiger partial charge >= 0.3 is 11.9 Å². The summed E-state index contributed by atoms with van der Waals surface area (Å²) in [7, 11) is 4.87. The first-order chi connectivity index (χ1) is 16.6. The van der Waals surface area contributed by atoms with Crippen LogP contribution in [-0.4, -0.2) is 63.1 Å². The van der Waals surface area contributed by atoms with Crippen molar-refractivity contribution in [3.05, 3.63) is 49.9 Å². The van der Waals surface area contributed by atoms with Gasteiger partial charge < -0.3 is 18.9 Å². The third kappa shape index (κ3) is 5.87. The molecule has 2 aromatic rings. The Labute approximate surface area is 221 Å². The summed E-state index contributed by atoms with van der Waals surface area (Å²) in [6.45, 7) is 3.60. The van der Waals surface area contributed by atoms with Crippen molar-refractivity contribution in [1.29, 1.82) is 0 Å². The van der Waals surface area contributed by atoms with E-state index in [1.165, 1.54) is 28.1 Å². The van der Waals surface area contributed by atoms with Crippen LogP contribution >= 0.6 is 31.9 Å². The molecule has 1 aliphatic heterocycles. The molecule has 10 heteroatoms. The van der Waals surface area contributed by atoms with E-state index in [0.29, 0.717) is 28.8 Å². The lowest BCUT2D eigenvalue weighted by atomic mass is 9.87. The van der Waals surface area contributed by atoms with Gasteiger partial charge in [-0.05, 0) is 61.1 Å². The largest absolute Gasteiger partial charge is 0.496 e. The summed E-state index contributed by atoms with van der Waals surface area (Å²) in [5.74, 6) is -0.869. The summed E-state index contributed by atoms with van der Waals surface area (Å²) in [5, 5.41) is 0. The minimum atomic E-state index is -0.647. The number of nitrogens with zero attached hydrogens (tertiary/aromatic N) is 1. The Hall–Kier alpha value is -2.43. The molecule has 0 amide bonds. The van der Waals surface area contributed by atoms with Gasteiger partial charge in [0.05, 0.1) is 25.8 Å². The molecular weight excluding hydrogens is 586 g/mol. The number of carbonyl (C=O) groups excluding carboxylic acids is 3. The van der Waals surface area contributed by atoms with E-state index in [-0.39, 0.29) is 52.9 Å². The first-order valence-corrected chi connectivity index (χ1v) is 12.5. The van der Waals surface area contributed by atoms with Gasteiger partial charge in [0.1, 0.15) is 23.7 Å². The van der Waals surface area contributed by atoms with Gasteiger partial charge in [0.25, 0.3) is 0 Å². The molecule has 35 heavy (non-hydrogen) atoms. The first-order valence-electron chi connectivity index (χ1n) is 10.9. The lowest BCUT2D eigenvalue weighted by Crippen LogP contribution is -2.34. The van der Waals surface area contributed by atoms with Crippen LogP contribution in [-0.2, 0) is 9.53 Å². The number of rotatable bonds is 8. The predicted octanol–water partition coefficient (Wildman–Crippen LogP) is 5.00. The molecular formula is C25H27Br2NO7. The molecule has 0 unspecified atom stereocenters. The van der Waals surface area contributed by atoms with Crippen LogP contribution in [0, 0.1) is 0 Å². The van der Waals surface area contributed by atoms with Crippen molar-refractivity contribution in [1.82, 2.24) is 4.90 Å². The number of likely N-dealkylation sites (N-methyl/N-ethyl adjacent to an activating group) is 1. The van der Waals surface area contributed by atoms with Crippen molar-refractivity contribution in [3.8, 4) is 17.2 Å². The van der Waals surface area contributed by atoms with Crippen molar-refractivity contribution in [3.63, 3.8) is 0 Å². The Morgan fingerprint density at radius 3 is 2.31 bits per heavy atom. The number of ketones is 1. The number of likely N-dealkylation sites (tertiary alicyclic amines) is 1. The number of hydrogen-bond acceptors (Lipinski definition) is 8. The highest BCUT2D eigenvalue weighted by Gasteiger charge is 2.40. The number of benzene rings is 2. The van der Waals surface area contributed by atoms with Crippen molar-refractivity contribution >= 4 is 49.6 Å². The molecule has 0 bridgehead atoms. The topological polar surface area (TPSA) is 91.4 Å². The monoisotopic (exact) mass is 611 g/mol. The number of esters is 2. The molecule has 0 aromatic heterocycles. The zero-order valence-electron chi connectivity index (χ0n) is 20.1. The van der Waals surface area contributed by atoms with E-state index in [1.54, 1.807) is 24.3 Å². The summed E-state index contributed by atoms with van der Waals surface area (Å²) in [6.07, 6.45) is 0.676. The summed E-state index contributed by atoms with van der Waals surface area (Å²) < 4.78 is 23.8. The highest BCUT2D eigenvalue weighted by atomic mass is 79.9.